The standard InChI is InChI=1S/C14H21N3O3/c1-2-10(5-6-15)3-4-13(18)17-12-7-11(14(19)20)8-16-9-12/h7-10H,2-6,15H2,1H3,(H,17,18)(H,19,20). The number of hydrogen-bond donors (Lipinski definition) is 3. The summed E-state index contributed by atoms with van der Waals surface area (Å²) < 4.78 is 0. The van der Waals surface area contributed by atoms with Gasteiger partial charge in [-0.1, -0.05) is 13.3 Å². The Labute approximate surface area is 118 Å². The van der Waals surface area contributed by atoms with E-state index in [1.165, 1.54) is 18.5 Å². The molecule has 0 aliphatic rings. The van der Waals surface area contributed by atoms with Crippen LogP contribution in [-0.2, 0) is 4.79 Å². The van der Waals surface area contributed by atoms with Gasteiger partial charge in [0.15, 0.2) is 0 Å². The summed E-state index contributed by atoms with van der Waals surface area (Å²) in [4.78, 5) is 26.4. The monoisotopic (exact) mass is 279 g/mol. The van der Waals surface area contributed by atoms with Gasteiger partial charge in [0.05, 0.1) is 17.4 Å². The molecule has 0 spiro atoms. The molecule has 0 aliphatic carbocycles. The minimum absolute atomic E-state index is 0.0531. The number of carbonyl (C=O) groups is 2. The topological polar surface area (TPSA) is 105 Å². The van der Waals surface area contributed by atoms with Gasteiger partial charge in [-0.2, -0.15) is 0 Å². The molecule has 0 bridgehead atoms. The fourth-order valence-electron chi connectivity index (χ4n) is 1.97. The molecule has 1 unspecified atom stereocenters. The molecule has 6 nitrogen and oxygen atoms in total. The Morgan fingerprint density at radius 1 is 1.40 bits per heavy atom. The number of aromatic carboxylic acids is 1. The Balaban J connectivity index is 2.49. The van der Waals surface area contributed by atoms with E-state index in [0.29, 0.717) is 24.6 Å². The lowest BCUT2D eigenvalue weighted by Crippen LogP contribution is -2.15. The molecule has 1 aromatic rings. The lowest BCUT2D eigenvalue weighted by molar-refractivity contribution is -0.116. The molecule has 1 amide bonds. The number of carboxylic acids is 1. The van der Waals surface area contributed by atoms with Crippen molar-refractivity contribution in [1.82, 2.24) is 4.98 Å². The molecular weight excluding hydrogens is 258 g/mol. The molecule has 0 fully saturated rings. The van der Waals surface area contributed by atoms with E-state index < -0.39 is 5.97 Å². The molecule has 0 aliphatic heterocycles. The van der Waals surface area contributed by atoms with Crippen LogP contribution in [0.5, 0.6) is 0 Å². The van der Waals surface area contributed by atoms with E-state index in [0.717, 1.165) is 19.3 Å². The van der Waals surface area contributed by atoms with Gasteiger partial charge in [0, 0.05) is 12.6 Å². The number of nitrogens with two attached hydrogens (primary N) is 1. The second-order valence-corrected chi connectivity index (χ2v) is 4.71. The van der Waals surface area contributed by atoms with Gasteiger partial charge >= 0.3 is 5.97 Å². The van der Waals surface area contributed by atoms with Crippen LogP contribution in [0.25, 0.3) is 0 Å². The lowest BCUT2D eigenvalue weighted by Gasteiger charge is -2.13. The number of nitrogens with zero attached hydrogens (tertiary/aromatic N) is 1. The van der Waals surface area contributed by atoms with Crippen molar-refractivity contribution in [3.8, 4) is 0 Å². The largest absolute Gasteiger partial charge is 0.478 e. The first-order chi connectivity index (χ1) is 9.56. The van der Waals surface area contributed by atoms with Gasteiger partial charge in [-0.05, 0) is 31.4 Å². The zero-order valence-corrected chi connectivity index (χ0v) is 11.6. The van der Waals surface area contributed by atoms with Crippen LogP contribution in [0.15, 0.2) is 18.5 Å². The summed E-state index contributed by atoms with van der Waals surface area (Å²) in [6.07, 6.45) is 5.77. The van der Waals surface area contributed by atoms with E-state index in [-0.39, 0.29) is 11.5 Å². The normalized spacial score (nSPS) is 11.9. The van der Waals surface area contributed by atoms with E-state index in [4.69, 9.17) is 10.8 Å². The highest BCUT2D eigenvalue weighted by molar-refractivity contribution is 5.93. The minimum Gasteiger partial charge on any atom is -0.478 e. The molecule has 0 saturated carbocycles. The van der Waals surface area contributed by atoms with Crippen molar-refractivity contribution in [3.05, 3.63) is 24.0 Å². The van der Waals surface area contributed by atoms with E-state index >= 15 is 0 Å². The van der Waals surface area contributed by atoms with Crippen molar-refractivity contribution in [2.75, 3.05) is 11.9 Å². The zero-order valence-electron chi connectivity index (χ0n) is 11.6. The first kappa shape index (κ1) is 16.1. The van der Waals surface area contributed by atoms with Gasteiger partial charge in [-0.3, -0.25) is 9.78 Å². The van der Waals surface area contributed by atoms with Crippen LogP contribution in [0.1, 0.15) is 43.0 Å². The summed E-state index contributed by atoms with van der Waals surface area (Å²) in [6, 6.07) is 1.39. The van der Waals surface area contributed by atoms with Crippen molar-refractivity contribution in [2.24, 2.45) is 11.7 Å². The van der Waals surface area contributed by atoms with Crippen LogP contribution in [0.2, 0.25) is 0 Å². The average Bonchev–Trinajstić information content (AvgIpc) is 2.43. The summed E-state index contributed by atoms with van der Waals surface area (Å²) >= 11 is 0. The molecule has 0 radical (unpaired) electrons. The third kappa shape index (κ3) is 5.36. The predicted molar refractivity (Wildman–Crippen MR) is 76.5 cm³/mol. The van der Waals surface area contributed by atoms with Crippen LogP contribution in [0.3, 0.4) is 0 Å². The first-order valence-electron chi connectivity index (χ1n) is 6.75. The van der Waals surface area contributed by atoms with Gasteiger partial charge in [0.2, 0.25) is 5.91 Å². The lowest BCUT2D eigenvalue weighted by atomic mass is 9.96. The van der Waals surface area contributed by atoms with Gasteiger partial charge in [0.25, 0.3) is 0 Å². The highest BCUT2D eigenvalue weighted by Crippen LogP contribution is 2.15. The van der Waals surface area contributed by atoms with Crippen molar-refractivity contribution < 1.29 is 14.7 Å². The fraction of sp³-hybridized carbons (Fsp3) is 0.500. The SMILES string of the molecule is CCC(CCN)CCC(=O)Nc1cncc(C(=O)O)c1. The van der Waals surface area contributed by atoms with Gasteiger partial charge in [-0.25, -0.2) is 4.79 Å². The Kier molecular flexibility index (Phi) is 6.66. The van der Waals surface area contributed by atoms with Crippen LogP contribution < -0.4 is 11.1 Å². The third-order valence-corrected chi connectivity index (χ3v) is 3.20. The molecule has 4 N–H and O–H groups in total. The summed E-state index contributed by atoms with van der Waals surface area (Å²) in [5.74, 6) is -0.748. The molecule has 0 saturated heterocycles. The number of nitrogens with one attached hydrogen (secondary N) is 1. The predicted octanol–water partition coefficient (Wildman–Crippen LogP) is 1.87. The molecule has 1 aromatic heterocycles. The Hall–Kier alpha value is -1.95. The second-order valence-electron chi connectivity index (χ2n) is 4.71. The Morgan fingerprint density at radius 2 is 2.15 bits per heavy atom. The van der Waals surface area contributed by atoms with Crippen molar-refractivity contribution in [2.45, 2.75) is 32.6 Å². The van der Waals surface area contributed by atoms with Gasteiger partial charge in [0.1, 0.15) is 0 Å². The number of hydrogen-bond acceptors (Lipinski definition) is 4. The number of rotatable bonds is 8. The van der Waals surface area contributed by atoms with Crippen LogP contribution in [0.4, 0.5) is 5.69 Å². The maximum atomic E-state index is 11.8. The van der Waals surface area contributed by atoms with Crippen molar-refractivity contribution in [1.29, 1.82) is 0 Å². The van der Waals surface area contributed by atoms with E-state index in [1.807, 2.05) is 0 Å². The number of pyridine rings is 1. The highest BCUT2D eigenvalue weighted by Gasteiger charge is 2.10. The molecule has 1 atom stereocenters. The summed E-state index contributed by atoms with van der Waals surface area (Å²) in [5.41, 5.74) is 5.97. The van der Waals surface area contributed by atoms with E-state index in [9.17, 15) is 9.59 Å². The summed E-state index contributed by atoms with van der Waals surface area (Å²) in [7, 11) is 0. The fourth-order valence-corrected chi connectivity index (χ4v) is 1.97. The Bertz CT molecular complexity index is 463. The second kappa shape index (κ2) is 8.27. The molecule has 1 rings (SSSR count). The quantitative estimate of drug-likeness (QED) is 0.673. The third-order valence-electron chi connectivity index (χ3n) is 3.20. The molecular formula is C14H21N3O3. The summed E-state index contributed by atoms with van der Waals surface area (Å²) in [6.45, 7) is 2.71. The van der Waals surface area contributed by atoms with Gasteiger partial charge in [-0.15, -0.1) is 0 Å². The van der Waals surface area contributed by atoms with Crippen molar-refractivity contribution >= 4 is 17.6 Å². The van der Waals surface area contributed by atoms with E-state index in [1.54, 1.807) is 0 Å². The molecule has 1 heterocycles. The zero-order chi connectivity index (χ0) is 15.0. The number of carbonyl (C=O) groups excluding carboxylic acids is 1. The maximum absolute atomic E-state index is 11.8. The number of aromatic nitrogens is 1. The van der Waals surface area contributed by atoms with Gasteiger partial charge < -0.3 is 16.2 Å². The average molecular weight is 279 g/mol. The molecule has 0 aromatic carbocycles. The maximum Gasteiger partial charge on any atom is 0.337 e. The molecule has 6 heteroatoms. The highest BCUT2D eigenvalue weighted by atomic mass is 16.4. The molecule has 110 valence electrons. The van der Waals surface area contributed by atoms with Crippen LogP contribution >= 0.6 is 0 Å². The summed E-state index contributed by atoms with van der Waals surface area (Å²) in [5, 5.41) is 11.5. The number of carboxylic acid groups (broad SMARTS) is 1. The van der Waals surface area contributed by atoms with E-state index in [2.05, 4.69) is 17.2 Å². The smallest absolute Gasteiger partial charge is 0.337 e. The van der Waals surface area contributed by atoms with Crippen LogP contribution in [0, 0.1) is 5.92 Å². The number of anilines is 1. The molecule has 20 heavy (non-hydrogen) atoms. The minimum atomic E-state index is -1.07. The number of amides is 1. The van der Waals surface area contributed by atoms with Crippen molar-refractivity contribution in [3.63, 3.8) is 0 Å². The Morgan fingerprint density at radius 3 is 2.75 bits per heavy atom. The van der Waals surface area contributed by atoms with Crippen LogP contribution in [-0.4, -0.2) is 28.5 Å². The first-order valence-corrected chi connectivity index (χ1v) is 6.75.